The zero-order chi connectivity index (χ0) is 5.82. The molecule has 0 spiro atoms. The fourth-order valence-corrected chi connectivity index (χ4v) is 0.745. The lowest BCUT2D eigenvalue weighted by Crippen LogP contribution is -1.71. The highest BCUT2D eigenvalue weighted by atomic mass is 35.5. The molecule has 0 aliphatic carbocycles. The first-order valence-electron chi connectivity index (χ1n) is 2.53. The number of halogens is 1. The second-order valence-corrected chi connectivity index (χ2v) is 1.89. The summed E-state index contributed by atoms with van der Waals surface area (Å²) in [5.41, 5.74) is 1.18. The maximum Gasteiger partial charge on any atom is 0.0474 e. The quantitative estimate of drug-likeness (QED) is 0.510. The van der Waals surface area contributed by atoms with E-state index in [2.05, 4.69) is 0 Å². The van der Waals surface area contributed by atoms with Crippen LogP contribution in [0.2, 0.25) is 0 Å². The van der Waals surface area contributed by atoms with Crippen LogP contribution < -0.4 is 0 Å². The van der Waals surface area contributed by atoms with Crippen molar-refractivity contribution in [3.8, 4) is 0 Å². The summed E-state index contributed by atoms with van der Waals surface area (Å²) in [7, 11) is 0. The third kappa shape index (κ3) is 1.24. The summed E-state index contributed by atoms with van der Waals surface area (Å²) in [4.78, 5) is 0. The normalized spacial score (nSPS) is 9.12. The standard InChI is InChI=1S/C7H7Cl.H2/c8-6-7-4-2-1-3-5-7;/h1-5H,6H2;1H. The molecule has 0 radical (unpaired) electrons. The van der Waals surface area contributed by atoms with Crippen LogP contribution in [0.1, 0.15) is 6.99 Å². The van der Waals surface area contributed by atoms with Crippen LogP contribution >= 0.6 is 11.6 Å². The molecule has 0 atom stereocenters. The van der Waals surface area contributed by atoms with Crippen molar-refractivity contribution < 1.29 is 1.43 Å². The van der Waals surface area contributed by atoms with Crippen molar-refractivity contribution in [2.24, 2.45) is 0 Å². The fraction of sp³-hybridized carbons (Fsp3) is 0.143. The number of rotatable bonds is 1. The minimum atomic E-state index is 0. The Morgan fingerprint density at radius 3 is 2.25 bits per heavy atom. The Morgan fingerprint density at radius 2 is 1.88 bits per heavy atom. The van der Waals surface area contributed by atoms with Gasteiger partial charge in [-0.25, -0.2) is 0 Å². The summed E-state index contributed by atoms with van der Waals surface area (Å²) in [6, 6.07) is 9.96. The summed E-state index contributed by atoms with van der Waals surface area (Å²) in [6.07, 6.45) is 0. The summed E-state index contributed by atoms with van der Waals surface area (Å²) in [5, 5.41) is 0. The van der Waals surface area contributed by atoms with Gasteiger partial charge in [0.1, 0.15) is 0 Å². The first-order chi connectivity index (χ1) is 3.93. The molecule has 0 amide bonds. The molecule has 0 aliphatic rings. The van der Waals surface area contributed by atoms with E-state index in [9.17, 15) is 0 Å². The highest BCUT2D eigenvalue weighted by Gasteiger charge is 1.81. The molecule has 1 rings (SSSR count). The molecular formula is C7H9Cl. The van der Waals surface area contributed by atoms with Gasteiger partial charge in [0, 0.05) is 7.31 Å². The maximum atomic E-state index is 5.53. The Morgan fingerprint density at radius 1 is 1.25 bits per heavy atom. The zero-order valence-electron chi connectivity index (χ0n) is 4.47. The second kappa shape index (κ2) is 2.73. The van der Waals surface area contributed by atoms with E-state index >= 15 is 0 Å². The van der Waals surface area contributed by atoms with E-state index in [4.69, 9.17) is 11.6 Å². The van der Waals surface area contributed by atoms with Crippen LogP contribution in [0.3, 0.4) is 0 Å². The smallest absolute Gasteiger partial charge is 0.0474 e. The lowest BCUT2D eigenvalue weighted by Gasteiger charge is -1.88. The third-order valence-electron chi connectivity index (χ3n) is 0.997. The number of hydrogen-bond acceptors (Lipinski definition) is 0. The van der Waals surface area contributed by atoms with Crippen LogP contribution in [0.4, 0.5) is 0 Å². The molecule has 1 aromatic carbocycles. The molecule has 1 aromatic rings. The highest BCUT2D eigenvalue weighted by Crippen LogP contribution is 2.00. The molecule has 8 heavy (non-hydrogen) atoms. The molecule has 44 valence electrons. The van der Waals surface area contributed by atoms with Gasteiger partial charge >= 0.3 is 0 Å². The van der Waals surface area contributed by atoms with E-state index in [1.54, 1.807) is 0 Å². The molecule has 0 bridgehead atoms. The first-order valence-corrected chi connectivity index (χ1v) is 3.07. The van der Waals surface area contributed by atoms with Crippen molar-refractivity contribution in [2.45, 2.75) is 5.88 Å². The largest absolute Gasteiger partial charge is 0.122 e. The van der Waals surface area contributed by atoms with Crippen molar-refractivity contribution >= 4 is 11.6 Å². The SMILES string of the molecule is ClCc1ccccc1.[HH]. The third-order valence-corrected chi connectivity index (χ3v) is 1.31. The molecule has 0 saturated heterocycles. The van der Waals surface area contributed by atoms with Gasteiger partial charge in [-0.3, -0.25) is 0 Å². The van der Waals surface area contributed by atoms with Crippen LogP contribution in [0, 0.1) is 0 Å². The minimum absolute atomic E-state index is 0. The van der Waals surface area contributed by atoms with Gasteiger partial charge in [0.2, 0.25) is 0 Å². The van der Waals surface area contributed by atoms with Crippen molar-refractivity contribution in [1.82, 2.24) is 0 Å². The highest BCUT2D eigenvalue weighted by molar-refractivity contribution is 6.17. The van der Waals surface area contributed by atoms with Gasteiger partial charge < -0.3 is 0 Å². The summed E-state index contributed by atoms with van der Waals surface area (Å²) < 4.78 is 0. The molecular weight excluding hydrogens is 120 g/mol. The molecule has 0 saturated carbocycles. The Hall–Kier alpha value is -0.490. The van der Waals surface area contributed by atoms with E-state index in [1.807, 2.05) is 30.3 Å². The lowest BCUT2D eigenvalue weighted by molar-refractivity contribution is 1.41. The Kier molecular flexibility index (Phi) is 1.93. The Labute approximate surface area is 55.6 Å². The van der Waals surface area contributed by atoms with E-state index in [0.29, 0.717) is 5.88 Å². The van der Waals surface area contributed by atoms with Crippen molar-refractivity contribution in [1.29, 1.82) is 0 Å². The molecule has 1 heteroatoms. The number of alkyl halides is 1. The van der Waals surface area contributed by atoms with Gasteiger partial charge in [0.15, 0.2) is 0 Å². The topological polar surface area (TPSA) is 0 Å². The van der Waals surface area contributed by atoms with Gasteiger partial charge in [0.25, 0.3) is 0 Å². The summed E-state index contributed by atoms with van der Waals surface area (Å²) in [5.74, 6) is 0.612. The Bertz CT molecular complexity index is 150. The average molecular weight is 129 g/mol. The molecule has 0 nitrogen and oxygen atoms in total. The summed E-state index contributed by atoms with van der Waals surface area (Å²) in [6.45, 7) is 0. The monoisotopic (exact) mass is 128 g/mol. The van der Waals surface area contributed by atoms with Crippen molar-refractivity contribution in [3.63, 3.8) is 0 Å². The van der Waals surface area contributed by atoms with Gasteiger partial charge in [-0.2, -0.15) is 0 Å². The van der Waals surface area contributed by atoms with Gasteiger partial charge in [0.05, 0.1) is 0 Å². The van der Waals surface area contributed by atoms with Crippen LogP contribution in [-0.4, -0.2) is 0 Å². The van der Waals surface area contributed by atoms with Crippen LogP contribution in [0.15, 0.2) is 30.3 Å². The first kappa shape index (κ1) is 5.64. The molecule has 0 unspecified atom stereocenters. The van der Waals surface area contributed by atoms with Crippen molar-refractivity contribution in [2.75, 3.05) is 0 Å². The number of hydrogen-bond donors (Lipinski definition) is 0. The maximum absolute atomic E-state index is 5.53. The van der Waals surface area contributed by atoms with E-state index in [1.165, 1.54) is 5.56 Å². The fourth-order valence-electron chi connectivity index (χ4n) is 0.567. The molecule has 0 N–H and O–H groups in total. The molecule has 0 fully saturated rings. The minimum Gasteiger partial charge on any atom is -0.122 e. The summed E-state index contributed by atoms with van der Waals surface area (Å²) >= 11 is 5.53. The van der Waals surface area contributed by atoms with Gasteiger partial charge in [-0.1, -0.05) is 30.3 Å². The van der Waals surface area contributed by atoms with Crippen LogP contribution in [-0.2, 0) is 5.88 Å². The van der Waals surface area contributed by atoms with E-state index in [-0.39, 0.29) is 1.43 Å². The molecule has 0 aromatic heterocycles. The predicted molar refractivity (Wildman–Crippen MR) is 38.1 cm³/mol. The van der Waals surface area contributed by atoms with Crippen molar-refractivity contribution in [3.05, 3.63) is 35.9 Å². The van der Waals surface area contributed by atoms with E-state index in [0.717, 1.165) is 0 Å². The van der Waals surface area contributed by atoms with E-state index < -0.39 is 0 Å². The predicted octanol–water partition coefficient (Wildman–Crippen LogP) is 2.67. The van der Waals surface area contributed by atoms with Crippen LogP contribution in [0.25, 0.3) is 0 Å². The van der Waals surface area contributed by atoms with Crippen LogP contribution in [0.5, 0.6) is 0 Å². The van der Waals surface area contributed by atoms with Gasteiger partial charge in [-0.05, 0) is 5.56 Å². The lowest BCUT2D eigenvalue weighted by atomic mass is 10.2. The second-order valence-electron chi connectivity index (χ2n) is 1.62. The van der Waals surface area contributed by atoms with Gasteiger partial charge in [-0.15, -0.1) is 11.6 Å². The Balaban J connectivity index is 0.000000640. The molecule has 0 heterocycles. The average Bonchev–Trinajstić information content (AvgIpc) is 1.90. The molecule has 0 aliphatic heterocycles. The number of benzene rings is 1. The zero-order valence-corrected chi connectivity index (χ0v) is 5.23.